The molecule has 1 aromatic carbocycles. The summed E-state index contributed by atoms with van der Waals surface area (Å²) in [4.78, 5) is 11.9. The molecule has 0 aliphatic heterocycles. The molecule has 3 nitrogen and oxygen atoms in total. The number of carbonyl (C=O) groups is 1. The summed E-state index contributed by atoms with van der Waals surface area (Å²) in [6.07, 6.45) is 1.25. The first kappa shape index (κ1) is 14.0. The van der Waals surface area contributed by atoms with Crippen molar-refractivity contribution in [2.45, 2.75) is 30.7 Å². The summed E-state index contributed by atoms with van der Waals surface area (Å²) in [5.41, 5.74) is 0.368. The molecule has 0 aromatic heterocycles. The van der Waals surface area contributed by atoms with Crippen LogP contribution in [0.1, 0.15) is 30.1 Å². The van der Waals surface area contributed by atoms with E-state index < -0.39 is 5.82 Å². The maximum absolute atomic E-state index is 13.0. The van der Waals surface area contributed by atoms with E-state index in [1.807, 2.05) is 6.92 Å². The number of amides is 1. The van der Waals surface area contributed by atoms with Gasteiger partial charge in [-0.2, -0.15) is 0 Å². The largest absolute Gasteiger partial charge is 0.396 e. The van der Waals surface area contributed by atoms with Gasteiger partial charge in [-0.25, -0.2) is 4.39 Å². The number of aliphatic hydroxyl groups is 1. The quantitative estimate of drug-likeness (QED) is 0.707. The third-order valence-electron chi connectivity index (χ3n) is 2.51. The van der Waals surface area contributed by atoms with Crippen molar-refractivity contribution in [1.82, 2.24) is 5.32 Å². The van der Waals surface area contributed by atoms with Gasteiger partial charge in [0.25, 0.3) is 5.91 Å². The standard InChI is InChI=1S/C12H16FNO2S/c1-2-9(5-6-15)14-12(16)8-3-4-10(13)11(17)7-8/h3-4,7,9,15,17H,2,5-6H2,1H3,(H,14,16). The maximum atomic E-state index is 13.0. The van der Waals surface area contributed by atoms with Gasteiger partial charge >= 0.3 is 0 Å². The SMILES string of the molecule is CCC(CCO)NC(=O)c1ccc(F)c(S)c1. The molecule has 0 spiro atoms. The Bertz CT molecular complexity index is 398. The molecule has 1 atom stereocenters. The Morgan fingerprint density at radius 3 is 2.82 bits per heavy atom. The second-order valence-electron chi connectivity index (χ2n) is 3.76. The van der Waals surface area contributed by atoms with Crippen LogP contribution in [-0.2, 0) is 0 Å². The van der Waals surface area contributed by atoms with E-state index in [2.05, 4.69) is 17.9 Å². The predicted molar refractivity (Wildman–Crippen MR) is 66.9 cm³/mol. The fourth-order valence-corrected chi connectivity index (χ4v) is 1.67. The smallest absolute Gasteiger partial charge is 0.251 e. The van der Waals surface area contributed by atoms with Crippen molar-refractivity contribution in [1.29, 1.82) is 0 Å². The topological polar surface area (TPSA) is 49.3 Å². The molecule has 0 radical (unpaired) electrons. The second-order valence-corrected chi connectivity index (χ2v) is 4.24. The molecular weight excluding hydrogens is 241 g/mol. The minimum atomic E-state index is -0.452. The van der Waals surface area contributed by atoms with Gasteiger partial charge in [0.15, 0.2) is 0 Å². The van der Waals surface area contributed by atoms with E-state index in [-0.39, 0.29) is 23.5 Å². The van der Waals surface area contributed by atoms with Crippen LogP contribution >= 0.6 is 12.6 Å². The van der Waals surface area contributed by atoms with E-state index in [4.69, 9.17) is 5.11 Å². The molecular formula is C12H16FNO2S. The fraction of sp³-hybridized carbons (Fsp3) is 0.417. The lowest BCUT2D eigenvalue weighted by molar-refractivity contribution is 0.0929. The zero-order valence-corrected chi connectivity index (χ0v) is 10.5. The van der Waals surface area contributed by atoms with Crippen molar-refractivity contribution in [3.63, 3.8) is 0 Å². The molecule has 0 aliphatic carbocycles. The van der Waals surface area contributed by atoms with Crippen LogP contribution in [0.2, 0.25) is 0 Å². The van der Waals surface area contributed by atoms with Gasteiger partial charge in [0.2, 0.25) is 0 Å². The molecule has 17 heavy (non-hydrogen) atoms. The van der Waals surface area contributed by atoms with Crippen molar-refractivity contribution in [3.8, 4) is 0 Å². The van der Waals surface area contributed by atoms with Gasteiger partial charge in [-0.3, -0.25) is 4.79 Å². The van der Waals surface area contributed by atoms with Gasteiger partial charge < -0.3 is 10.4 Å². The number of rotatable bonds is 5. The Hall–Kier alpha value is -1.07. The molecule has 1 rings (SSSR count). The highest BCUT2D eigenvalue weighted by Gasteiger charge is 2.12. The van der Waals surface area contributed by atoms with Crippen LogP contribution in [-0.4, -0.2) is 23.7 Å². The number of benzene rings is 1. The van der Waals surface area contributed by atoms with Crippen molar-refractivity contribution in [2.24, 2.45) is 0 Å². The normalized spacial score (nSPS) is 12.2. The Balaban J connectivity index is 2.72. The monoisotopic (exact) mass is 257 g/mol. The minimum Gasteiger partial charge on any atom is -0.396 e. The lowest BCUT2D eigenvalue weighted by Crippen LogP contribution is -2.35. The number of hydrogen-bond donors (Lipinski definition) is 3. The van der Waals surface area contributed by atoms with Gasteiger partial charge in [-0.1, -0.05) is 6.92 Å². The van der Waals surface area contributed by atoms with Crippen molar-refractivity contribution in [2.75, 3.05) is 6.61 Å². The molecule has 1 aromatic rings. The van der Waals surface area contributed by atoms with Gasteiger partial charge in [0.05, 0.1) is 0 Å². The van der Waals surface area contributed by atoms with E-state index in [0.29, 0.717) is 12.0 Å². The number of halogens is 1. The highest BCUT2D eigenvalue weighted by Crippen LogP contribution is 2.14. The van der Waals surface area contributed by atoms with Gasteiger partial charge in [-0.05, 0) is 31.0 Å². The zero-order valence-electron chi connectivity index (χ0n) is 9.61. The average molecular weight is 257 g/mol. The van der Waals surface area contributed by atoms with E-state index in [1.54, 1.807) is 0 Å². The number of aliphatic hydroxyl groups excluding tert-OH is 1. The van der Waals surface area contributed by atoms with Crippen molar-refractivity contribution in [3.05, 3.63) is 29.6 Å². The third-order valence-corrected chi connectivity index (χ3v) is 2.86. The van der Waals surface area contributed by atoms with Crippen LogP contribution in [0.25, 0.3) is 0 Å². The lowest BCUT2D eigenvalue weighted by Gasteiger charge is -2.15. The first-order valence-corrected chi connectivity index (χ1v) is 5.93. The van der Waals surface area contributed by atoms with E-state index in [0.717, 1.165) is 6.42 Å². The number of carbonyl (C=O) groups excluding carboxylic acids is 1. The summed E-state index contributed by atoms with van der Waals surface area (Å²) >= 11 is 3.92. The van der Waals surface area contributed by atoms with Crippen LogP contribution in [0.3, 0.4) is 0 Å². The molecule has 0 saturated carbocycles. The molecule has 1 amide bonds. The Kier molecular flexibility index (Phi) is 5.44. The van der Waals surface area contributed by atoms with Crippen LogP contribution in [0.4, 0.5) is 4.39 Å². The lowest BCUT2D eigenvalue weighted by atomic mass is 10.1. The van der Waals surface area contributed by atoms with Gasteiger partial charge in [0, 0.05) is 23.1 Å². The predicted octanol–water partition coefficient (Wildman–Crippen LogP) is 2.01. The van der Waals surface area contributed by atoms with Gasteiger partial charge in [-0.15, -0.1) is 12.6 Å². The Morgan fingerprint density at radius 1 is 1.59 bits per heavy atom. The third kappa shape index (κ3) is 4.02. The number of hydrogen-bond acceptors (Lipinski definition) is 3. The first-order valence-electron chi connectivity index (χ1n) is 5.48. The van der Waals surface area contributed by atoms with E-state index in [1.165, 1.54) is 18.2 Å². The highest BCUT2D eigenvalue weighted by molar-refractivity contribution is 7.80. The summed E-state index contributed by atoms with van der Waals surface area (Å²) in [5.74, 6) is -0.729. The van der Waals surface area contributed by atoms with Crippen LogP contribution in [0.5, 0.6) is 0 Å². The molecule has 0 aliphatic rings. The fourth-order valence-electron chi connectivity index (χ4n) is 1.46. The Labute approximate surface area is 105 Å². The van der Waals surface area contributed by atoms with Crippen LogP contribution < -0.4 is 5.32 Å². The molecule has 2 N–H and O–H groups in total. The summed E-state index contributed by atoms with van der Waals surface area (Å²) in [5, 5.41) is 11.6. The average Bonchev–Trinajstić information content (AvgIpc) is 2.31. The van der Waals surface area contributed by atoms with Crippen LogP contribution in [0, 0.1) is 5.82 Å². The molecule has 94 valence electrons. The highest BCUT2D eigenvalue weighted by atomic mass is 32.1. The summed E-state index contributed by atoms with van der Waals surface area (Å²) in [7, 11) is 0. The molecule has 5 heteroatoms. The van der Waals surface area contributed by atoms with Crippen molar-refractivity contribution < 1.29 is 14.3 Å². The maximum Gasteiger partial charge on any atom is 0.251 e. The number of thiol groups is 1. The molecule has 0 saturated heterocycles. The molecule has 1 unspecified atom stereocenters. The molecule has 0 fully saturated rings. The van der Waals surface area contributed by atoms with Crippen molar-refractivity contribution >= 4 is 18.5 Å². The second kappa shape index (κ2) is 6.61. The number of nitrogens with one attached hydrogen (secondary N) is 1. The van der Waals surface area contributed by atoms with Crippen LogP contribution in [0.15, 0.2) is 23.1 Å². The Morgan fingerprint density at radius 2 is 2.29 bits per heavy atom. The van der Waals surface area contributed by atoms with E-state index >= 15 is 0 Å². The van der Waals surface area contributed by atoms with E-state index in [9.17, 15) is 9.18 Å². The summed E-state index contributed by atoms with van der Waals surface area (Å²) in [6.45, 7) is 1.95. The molecule has 0 heterocycles. The first-order chi connectivity index (χ1) is 8.08. The zero-order chi connectivity index (χ0) is 12.8. The summed E-state index contributed by atoms with van der Waals surface area (Å²) in [6, 6.07) is 3.95. The van der Waals surface area contributed by atoms with Gasteiger partial charge in [0.1, 0.15) is 5.82 Å². The minimum absolute atomic E-state index is 0.0278. The molecule has 0 bridgehead atoms. The summed E-state index contributed by atoms with van der Waals surface area (Å²) < 4.78 is 13.0.